The van der Waals surface area contributed by atoms with Crippen molar-refractivity contribution in [3.63, 3.8) is 0 Å². The summed E-state index contributed by atoms with van der Waals surface area (Å²) in [6.45, 7) is 29.9. The lowest BCUT2D eigenvalue weighted by atomic mass is 9.93. The van der Waals surface area contributed by atoms with Crippen LogP contribution in [0.2, 0.25) is 0 Å². The highest BCUT2D eigenvalue weighted by molar-refractivity contribution is 6.25. The van der Waals surface area contributed by atoms with E-state index in [0.717, 1.165) is 0 Å². The van der Waals surface area contributed by atoms with Crippen molar-refractivity contribution in [3.05, 3.63) is 430 Å². The van der Waals surface area contributed by atoms with Gasteiger partial charge in [-0.1, -0.05) is 433 Å². The van der Waals surface area contributed by atoms with Gasteiger partial charge in [0.05, 0.1) is 0 Å². The predicted molar refractivity (Wildman–Crippen MR) is 466 cm³/mol. The molecular weight excluding hydrogens is 1260 g/mol. The van der Waals surface area contributed by atoms with Crippen LogP contribution in [0, 0.1) is 83.1 Å². The number of hydrogen-bond donors (Lipinski definition) is 0. The molecule has 0 bridgehead atoms. The first-order valence-electron chi connectivity index (χ1n) is 37.0. The highest BCUT2D eigenvalue weighted by Gasteiger charge is 2.08. The van der Waals surface area contributed by atoms with Gasteiger partial charge in [-0.2, -0.15) is 0 Å². The van der Waals surface area contributed by atoms with E-state index in [0.29, 0.717) is 5.92 Å². The summed E-state index contributed by atoms with van der Waals surface area (Å²) >= 11 is 0. The molecule has 0 heterocycles. The fraction of sp³-hybridized carbons (Fsp3) is 0.143. The molecule has 0 saturated heterocycles. The van der Waals surface area contributed by atoms with Gasteiger partial charge in [-0.25, -0.2) is 0 Å². The van der Waals surface area contributed by atoms with Crippen molar-refractivity contribution >= 4 is 97.0 Å². The third-order valence-electron chi connectivity index (χ3n) is 18.9. The lowest BCUT2D eigenvalue weighted by molar-refractivity contribution is 0.866. The van der Waals surface area contributed by atoms with E-state index in [2.05, 4.69) is 437 Å². The second-order valence-electron chi connectivity index (χ2n) is 28.3. The Morgan fingerprint density at radius 2 is 0.419 bits per heavy atom. The number of aryl methyl sites for hydroxylation is 12. The van der Waals surface area contributed by atoms with E-state index in [1.165, 1.54) is 169 Å². The monoisotopic (exact) mass is 1360 g/mol. The molecular formula is C105H102. The van der Waals surface area contributed by atoms with Crippen LogP contribution in [0.3, 0.4) is 0 Å². The van der Waals surface area contributed by atoms with E-state index >= 15 is 0 Å². The number of hydrogen-bond acceptors (Lipinski definition) is 0. The highest BCUT2D eigenvalue weighted by atomic mass is 14.1. The molecule has 0 atom stereocenters. The minimum absolute atomic E-state index is 0.653. The third kappa shape index (κ3) is 21.7. The van der Waals surface area contributed by atoms with Crippen LogP contribution >= 0.6 is 0 Å². The van der Waals surface area contributed by atoms with Gasteiger partial charge in [0.1, 0.15) is 0 Å². The molecule has 0 radical (unpaired) electrons. The van der Waals surface area contributed by atoms with Gasteiger partial charge in [0, 0.05) is 0 Å². The Morgan fingerprint density at radius 1 is 0.143 bits per heavy atom. The molecule has 0 aliphatic heterocycles. The second-order valence-corrected chi connectivity index (χ2v) is 28.3. The molecule has 18 aromatic rings. The maximum Gasteiger partial charge on any atom is -0.00963 e. The molecule has 18 aromatic carbocycles. The van der Waals surface area contributed by atoms with Gasteiger partial charge in [-0.3, -0.25) is 0 Å². The zero-order valence-electron chi connectivity index (χ0n) is 64.1. The van der Waals surface area contributed by atoms with E-state index in [-0.39, 0.29) is 0 Å². The molecule has 0 N–H and O–H groups in total. The zero-order chi connectivity index (χ0) is 74.2. The highest BCUT2D eigenvalue weighted by Crippen LogP contribution is 2.36. The Balaban J connectivity index is 0.000000129. The maximum atomic E-state index is 2.30. The van der Waals surface area contributed by atoms with Gasteiger partial charge in [-0.05, 0) is 197 Å². The van der Waals surface area contributed by atoms with Gasteiger partial charge < -0.3 is 0 Å². The molecule has 0 heteroatoms. The summed E-state index contributed by atoms with van der Waals surface area (Å²) in [6, 6.07) is 127. The van der Waals surface area contributed by atoms with Crippen molar-refractivity contribution in [2.24, 2.45) is 0 Å². The van der Waals surface area contributed by atoms with Gasteiger partial charge in [0.25, 0.3) is 0 Å². The number of benzene rings is 18. The molecule has 0 spiro atoms. The van der Waals surface area contributed by atoms with Crippen LogP contribution in [0.1, 0.15) is 92.1 Å². The summed E-state index contributed by atoms with van der Waals surface area (Å²) in [7, 11) is 0. The lowest BCUT2D eigenvalue weighted by Crippen LogP contribution is -1.85. The van der Waals surface area contributed by atoms with Gasteiger partial charge >= 0.3 is 0 Å². The molecule has 0 unspecified atom stereocenters. The van der Waals surface area contributed by atoms with Crippen LogP contribution in [0.25, 0.3) is 97.0 Å². The Morgan fingerprint density at radius 3 is 0.886 bits per heavy atom. The zero-order valence-corrected chi connectivity index (χ0v) is 64.1. The Kier molecular flexibility index (Phi) is 27.1. The molecule has 0 nitrogen and oxygen atoms in total. The smallest absolute Gasteiger partial charge is 0.00963 e. The lowest BCUT2D eigenvalue weighted by Gasteiger charge is -2.10. The van der Waals surface area contributed by atoms with Crippen LogP contribution in [-0.2, 0) is 0 Å². The first kappa shape index (κ1) is 76.0. The van der Waals surface area contributed by atoms with Crippen molar-refractivity contribution in [3.8, 4) is 0 Å². The van der Waals surface area contributed by atoms with E-state index in [1.807, 2.05) is 18.2 Å². The van der Waals surface area contributed by atoms with Gasteiger partial charge in [-0.15, -0.1) is 0 Å². The molecule has 105 heavy (non-hydrogen) atoms. The van der Waals surface area contributed by atoms with Gasteiger partial charge in [0.15, 0.2) is 0 Å². The normalized spacial score (nSPS) is 10.5. The third-order valence-corrected chi connectivity index (χ3v) is 18.9. The van der Waals surface area contributed by atoms with E-state index in [9.17, 15) is 0 Å². The standard InChI is InChI=1S/C19H14.2C15H12.2C11H10.C10H14.C9H12.C8H10.C7H8/c1-13-10-11-18-16-8-3-2-6-14(16)15-7-4-5-9-17(15)19(18)12-13;1-11-6-9-15-13(10-11)8-7-12-4-2-3-5-14(12)15;1-11-6-7-13-9-8-12-4-2-3-5-14(12)15(13)10-11;1-9-5-4-7-10-6-2-3-8-11(9)10;1-9-6-7-10-4-2-3-5-11(10)8-9;1-8(2)10-6-4-9(3)5-7-10;1-7-4-8(2)6-9(3)5-7;1-7-3-5-8(2)6-4-7;1-7-5-3-2-4-6-7/h2-12H,1H3;2*2-10H,1H3;2*2-8H,1H3;4-8H,1-3H3;4-6H,1-3H3;3-6H,1-2H3;2-6H,1H3. The summed E-state index contributed by atoms with van der Waals surface area (Å²) in [6.07, 6.45) is 0. The Bertz CT molecular complexity index is 5700. The fourth-order valence-electron chi connectivity index (χ4n) is 13.3. The van der Waals surface area contributed by atoms with E-state index in [1.54, 1.807) is 0 Å². The summed E-state index contributed by atoms with van der Waals surface area (Å²) in [5, 5.41) is 24.1. The van der Waals surface area contributed by atoms with Crippen molar-refractivity contribution in [2.75, 3.05) is 0 Å². The van der Waals surface area contributed by atoms with Crippen LogP contribution < -0.4 is 0 Å². The summed E-state index contributed by atoms with van der Waals surface area (Å²) in [4.78, 5) is 0. The largest absolute Gasteiger partial charge is 0.0622 e. The minimum atomic E-state index is 0.653. The molecule has 0 amide bonds. The second kappa shape index (κ2) is 37.5. The van der Waals surface area contributed by atoms with Crippen LogP contribution in [-0.4, -0.2) is 0 Å². The summed E-state index contributed by atoms with van der Waals surface area (Å²) in [5.74, 6) is 0.653. The quantitative estimate of drug-likeness (QED) is 0.144. The Labute approximate surface area is 626 Å². The fourth-order valence-corrected chi connectivity index (χ4v) is 13.3. The van der Waals surface area contributed by atoms with Crippen molar-refractivity contribution < 1.29 is 0 Å². The van der Waals surface area contributed by atoms with Crippen LogP contribution in [0.4, 0.5) is 0 Å². The SMILES string of the molecule is Cc1cc(C)cc(C)c1.Cc1ccc(C(C)C)cc1.Cc1ccc(C)cc1.Cc1ccc2c(ccc3ccccc32)c1.Cc1ccc2c3ccccc3c3ccccc3c2c1.Cc1ccc2ccc3ccccc3c2c1.Cc1ccc2ccccc2c1.Cc1cccc2ccccc12.Cc1ccccc1. The van der Waals surface area contributed by atoms with Crippen molar-refractivity contribution in [2.45, 2.75) is 103 Å². The van der Waals surface area contributed by atoms with Crippen molar-refractivity contribution in [1.82, 2.24) is 0 Å². The molecule has 0 saturated carbocycles. The first-order valence-corrected chi connectivity index (χ1v) is 37.0. The molecule has 0 fully saturated rings. The molecule has 0 aliphatic rings. The Hall–Kier alpha value is -11.7. The molecule has 0 aliphatic carbocycles. The maximum absolute atomic E-state index is 2.30. The molecule has 522 valence electrons. The van der Waals surface area contributed by atoms with Gasteiger partial charge in [0.2, 0.25) is 0 Å². The minimum Gasteiger partial charge on any atom is -0.0622 e. The van der Waals surface area contributed by atoms with Crippen LogP contribution in [0.15, 0.2) is 358 Å². The topological polar surface area (TPSA) is 0 Å². The number of fused-ring (bicyclic) bond motifs is 14. The number of rotatable bonds is 1. The van der Waals surface area contributed by atoms with E-state index < -0.39 is 0 Å². The predicted octanol–water partition coefficient (Wildman–Crippen LogP) is 30.4. The first-order chi connectivity index (χ1) is 50.8. The summed E-state index contributed by atoms with van der Waals surface area (Å²) < 4.78 is 0. The average molecular weight is 1360 g/mol. The van der Waals surface area contributed by atoms with Crippen LogP contribution in [0.5, 0.6) is 0 Å². The molecule has 18 rings (SSSR count). The average Bonchev–Trinajstić information content (AvgIpc) is 0.751. The summed E-state index contributed by atoms with van der Waals surface area (Å²) in [5.41, 5.74) is 17.4. The molecule has 0 aromatic heterocycles. The van der Waals surface area contributed by atoms with E-state index in [4.69, 9.17) is 0 Å². The van der Waals surface area contributed by atoms with Crippen molar-refractivity contribution in [1.29, 1.82) is 0 Å².